The number of nitro groups is 1. The Morgan fingerprint density at radius 2 is 2.20 bits per heavy atom. The average molecular weight is 350 g/mol. The molecule has 0 atom stereocenters. The number of amides is 1. The van der Waals surface area contributed by atoms with E-state index in [9.17, 15) is 19.3 Å². The Bertz CT molecular complexity index is 551. The van der Waals surface area contributed by atoms with Crippen molar-refractivity contribution >= 4 is 27.5 Å². The summed E-state index contributed by atoms with van der Waals surface area (Å²) < 4.78 is 18.5. The van der Waals surface area contributed by atoms with Crippen LogP contribution >= 0.6 is 15.9 Å². The predicted octanol–water partition coefficient (Wildman–Crippen LogP) is 1.89. The van der Waals surface area contributed by atoms with Crippen LogP contribution in [0.5, 0.6) is 5.75 Å². The van der Waals surface area contributed by atoms with Gasteiger partial charge in [-0.05, 0) is 35.8 Å². The van der Waals surface area contributed by atoms with E-state index in [-0.39, 0.29) is 16.8 Å². The Balaban J connectivity index is 3.04. The van der Waals surface area contributed by atoms with Gasteiger partial charge in [-0.2, -0.15) is 0 Å². The molecule has 0 aliphatic rings. The maximum atomic E-state index is 13.2. The molecule has 0 spiro atoms. The molecule has 0 heterocycles. The fourth-order valence-corrected chi connectivity index (χ4v) is 1.88. The smallest absolute Gasteiger partial charge is 0.315 e. The van der Waals surface area contributed by atoms with Gasteiger partial charge in [-0.15, -0.1) is 0 Å². The Labute approximate surface area is 122 Å². The first-order valence-corrected chi connectivity index (χ1v) is 6.25. The van der Waals surface area contributed by atoms with Crippen molar-refractivity contribution in [2.75, 3.05) is 6.61 Å². The highest BCUT2D eigenvalue weighted by Crippen LogP contribution is 2.36. The van der Waals surface area contributed by atoms with Crippen LogP contribution in [-0.4, -0.2) is 17.4 Å². The number of hydrogen-bond donors (Lipinski definition) is 2. The first-order chi connectivity index (χ1) is 9.19. The van der Waals surface area contributed by atoms with Gasteiger partial charge in [-0.3, -0.25) is 20.3 Å². The highest BCUT2D eigenvalue weighted by molar-refractivity contribution is 9.10. The monoisotopic (exact) mass is 349 g/mol. The molecule has 110 valence electrons. The molecule has 7 nitrogen and oxygen atoms in total. The number of ether oxygens (including phenoxy) is 1. The van der Waals surface area contributed by atoms with Crippen LogP contribution in [0.1, 0.15) is 13.8 Å². The molecule has 0 aliphatic carbocycles. The highest BCUT2D eigenvalue weighted by atomic mass is 79.9. The summed E-state index contributed by atoms with van der Waals surface area (Å²) in [6.45, 7) is 2.94. The van der Waals surface area contributed by atoms with E-state index >= 15 is 0 Å². The number of hydrazine groups is 1. The van der Waals surface area contributed by atoms with Gasteiger partial charge in [0.15, 0.2) is 0 Å². The first-order valence-electron chi connectivity index (χ1n) is 5.46. The molecule has 20 heavy (non-hydrogen) atoms. The Morgan fingerprint density at radius 3 is 2.70 bits per heavy atom. The zero-order valence-electron chi connectivity index (χ0n) is 10.8. The molecule has 0 aliphatic heterocycles. The van der Waals surface area contributed by atoms with Crippen molar-refractivity contribution in [1.82, 2.24) is 5.43 Å². The lowest BCUT2D eigenvalue weighted by atomic mass is 9.94. The minimum Gasteiger partial charge on any atom is -0.485 e. The van der Waals surface area contributed by atoms with Crippen molar-refractivity contribution in [3.8, 4) is 5.75 Å². The van der Waals surface area contributed by atoms with Gasteiger partial charge >= 0.3 is 5.69 Å². The molecular formula is C11H13BrFN3O4. The molecule has 1 amide bonds. The van der Waals surface area contributed by atoms with Crippen LogP contribution < -0.4 is 16.0 Å². The van der Waals surface area contributed by atoms with Gasteiger partial charge < -0.3 is 4.74 Å². The third-order valence-electron chi connectivity index (χ3n) is 2.51. The quantitative estimate of drug-likeness (QED) is 0.365. The molecule has 0 aromatic heterocycles. The summed E-state index contributed by atoms with van der Waals surface area (Å²) >= 11 is 2.99. The lowest BCUT2D eigenvalue weighted by Crippen LogP contribution is -2.44. The van der Waals surface area contributed by atoms with Crippen LogP contribution in [0.2, 0.25) is 0 Å². The molecule has 9 heteroatoms. The summed E-state index contributed by atoms with van der Waals surface area (Å²) in [5.41, 5.74) is 0.448. The minimum atomic E-state index is -1.00. The zero-order valence-corrected chi connectivity index (χ0v) is 12.4. The molecular weight excluding hydrogens is 337 g/mol. The largest absolute Gasteiger partial charge is 0.485 e. The topological polar surface area (TPSA) is 107 Å². The Hall–Kier alpha value is -1.74. The van der Waals surface area contributed by atoms with Crippen molar-refractivity contribution in [1.29, 1.82) is 0 Å². The molecule has 0 saturated heterocycles. The zero-order chi connectivity index (χ0) is 15.5. The molecule has 1 aromatic rings. The van der Waals surface area contributed by atoms with E-state index < -0.39 is 27.8 Å². The number of nitrogens with one attached hydrogen (secondary N) is 1. The molecule has 0 saturated carbocycles. The van der Waals surface area contributed by atoms with Gasteiger partial charge in [-0.25, -0.2) is 10.2 Å². The molecule has 1 rings (SSSR count). The van der Waals surface area contributed by atoms with Crippen LogP contribution in [0.4, 0.5) is 10.1 Å². The number of benzene rings is 1. The number of nitro benzene ring substituents is 1. The lowest BCUT2D eigenvalue weighted by molar-refractivity contribution is -0.386. The Kier molecular flexibility index (Phi) is 5.01. The van der Waals surface area contributed by atoms with Gasteiger partial charge in [0, 0.05) is 0 Å². The van der Waals surface area contributed by atoms with Crippen LogP contribution in [0.25, 0.3) is 0 Å². The number of carbonyl (C=O) groups excluding carboxylic acids is 1. The van der Waals surface area contributed by atoms with Crippen LogP contribution in [0.15, 0.2) is 16.6 Å². The summed E-state index contributed by atoms with van der Waals surface area (Å²) in [7, 11) is 0. The molecule has 0 fully saturated rings. The molecule has 1 aromatic carbocycles. The van der Waals surface area contributed by atoms with E-state index in [0.717, 1.165) is 12.1 Å². The SMILES string of the molecule is CC(C)(COc1c(Br)cc(F)cc1[N+](=O)[O-])C(=O)NN. The summed E-state index contributed by atoms with van der Waals surface area (Å²) in [5, 5.41) is 10.9. The maximum absolute atomic E-state index is 13.2. The number of hydrogen-bond acceptors (Lipinski definition) is 5. The first kappa shape index (κ1) is 16.3. The second-order valence-corrected chi connectivity index (χ2v) is 5.49. The van der Waals surface area contributed by atoms with E-state index in [1.54, 1.807) is 13.8 Å². The van der Waals surface area contributed by atoms with Crippen molar-refractivity contribution in [3.63, 3.8) is 0 Å². The van der Waals surface area contributed by atoms with Crippen molar-refractivity contribution in [2.45, 2.75) is 13.8 Å². The van der Waals surface area contributed by atoms with Crippen LogP contribution in [0, 0.1) is 21.3 Å². The second-order valence-electron chi connectivity index (χ2n) is 4.64. The number of halogens is 2. The normalized spacial score (nSPS) is 11.1. The van der Waals surface area contributed by atoms with Gasteiger partial charge in [0.1, 0.15) is 12.4 Å². The summed E-state index contributed by atoms with van der Waals surface area (Å²) in [5.74, 6) is 3.63. The van der Waals surface area contributed by atoms with E-state index in [1.165, 1.54) is 0 Å². The highest BCUT2D eigenvalue weighted by Gasteiger charge is 2.30. The standard InChI is InChI=1S/C11H13BrFN3O4/c1-11(2,10(17)15-14)5-20-9-7(12)3-6(13)4-8(9)16(18)19/h3-4H,5,14H2,1-2H3,(H,15,17). The van der Waals surface area contributed by atoms with Gasteiger partial charge in [-0.1, -0.05) is 0 Å². The number of nitrogens with zero attached hydrogens (tertiary/aromatic N) is 1. The fraction of sp³-hybridized carbons (Fsp3) is 0.364. The van der Waals surface area contributed by atoms with Crippen molar-refractivity contribution < 1.29 is 18.8 Å². The van der Waals surface area contributed by atoms with Gasteiger partial charge in [0.05, 0.1) is 20.9 Å². The van der Waals surface area contributed by atoms with E-state index in [2.05, 4.69) is 15.9 Å². The number of nitrogens with two attached hydrogens (primary N) is 1. The summed E-state index contributed by atoms with van der Waals surface area (Å²) in [6, 6.07) is 1.79. The van der Waals surface area contributed by atoms with E-state index in [4.69, 9.17) is 10.6 Å². The average Bonchev–Trinajstić information content (AvgIpc) is 2.35. The van der Waals surface area contributed by atoms with Crippen molar-refractivity contribution in [2.24, 2.45) is 11.3 Å². The summed E-state index contributed by atoms with van der Waals surface area (Å²) in [6.07, 6.45) is 0. The van der Waals surface area contributed by atoms with Crippen LogP contribution in [0.3, 0.4) is 0 Å². The van der Waals surface area contributed by atoms with E-state index in [0.29, 0.717) is 0 Å². The van der Waals surface area contributed by atoms with Crippen molar-refractivity contribution in [3.05, 3.63) is 32.5 Å². The summed E-state index contributed by atoms with van der Waals surface area (Å²) in [4.78, 5) is 21.6. The minimum absolute atomic E-state index is 0.0909. The predicted molar refractivity (Wildman–Crippen MR) is 72.4 cm³/mol. The molecule has 0 bridgehead atoms. The molecule has 0 radical (unpaired) electrons. The third-order valence-corrected chi connectivity index (χ3v) is 3.10. The number of carbonyl (C=O) groups is 1. The molecule has 3 N–H and O–H groups in total. The molecule has 0 unspecified atom stereocenters. The van der Waals surface area contributed by atoms with E-state index in [1.807, 2.05) is 5.43 Å². The number of rotatable bonds is 5. The maximum Gasteiger partial charge on any atom is 0.315 e. The fourth-order valence-electron chi connectivity index (χ4n) is 1.34. The third kappa shape index (κ3) is 3.64. The second kappa shape index (κ2) is 6.14. The van der Waals surface area contributed by atoms with Gasteiger partial charge in [0.25, 0.3) is 0 Å². The Morgan fingerprint density at radius 1 is 1.60 bits per heavy atom. The van der Waals surface area contributed by atoms with Gasteiger partial charge in [0.2, 0.25) is 11.7 Å². The van der Waals surface area contributed by atoms with Crippen LogP contribution in [-0.2, 0) is 4.79 Å². The lowest BCUT2D eigenvalue weighted by Gasteiger charge is -2.22.